The SMILES string of the molecule is COc1ccc(Cc2nc3sc(C#N)c(C)c3c(=O)[nH]2)cc1OC. The van der Waals surface area contributed by atoms with E-state index in [1.807, 2.05) is 18.2 Å². The molecule has 0 aliphatic carbocycles. The third kappa shape index (κ3) is 2.72. The maximum atomic E-state index is 12.3. The molecule has 0 fully saturated rings. The Morgan fingerprint density at radius 2 is 2.04 bits per heavy atom. The molecule has 2 heterocycles. The summed E-state index contributed by atoms with van der Waals surface area (Å²) in [7, 11) is 3.15. The van der Waals surface area contributed by atoms with E-state index in [0.717, 1.165) is 5.56 Å². The number of nitriles is 1. The third-order valence-electron chi connectivity index (χ3n) is 3.77. The predicted octanol–water partition coefficient (Wildman–Crippen LogP) is 2.77. The van der Waals surface area contributed by atoms with Crippen LogP contribution in [0.3, 0.4) is 0 Å². The van der Waals surface area contributed by atoms with Crippen molar-refractivity contribution in [3.63, 3.8) is 0 Å². The first kappa shape index (κ1) is 16.0. The fourth-order valence-corrected chi connectivity index (χ4v) is 3.56. The molecule has 0 bridgehead atoms. The Morgan fingerprint density at radius 3 is 2.71 bits per heavy atom. The van der Waals surface area contributed by atoms with E-state index < -0.39 is 0 Å². The fraction of sp³-hybridized carbons (Fsp3) is 0.235. The van der Waals surface area contributed by atoms with Crippen LogP contribution in [0.4, 0.5) is 0 Å². The molecule has 6 nitrogen and oxygen atoms in total. The van der Waals surface area contributed by atoms with Gasteiger partial charge < -0.3 is 14.5 Å². The van der Waals surface area contributed by atoms with Crippen molar-refractivity contribution in [3.05, 3.63) is 50.4 Å². The molecule has 0 aliphatic heterocycles. The quantitative estimate of drug-likeness (QED) is 0.788. The van der Waals surface area contributed by atoms with Gasteiger partial charge >= 0.3 is 0 Å². The van der Waals surface area contributed by atoms with E-state index in [-0.39, 0.29) is 5.56 Å². The fourth-order valence-electron chi connectivity index (χ4n) is 2.56. The summed E-state index contributed by atoms with van der Waals surface area (Å²) < 4.78 is 10.5. The number of thiophene rings is 1. The zero-order chi connectivity index (χ0) is 17.3. The van der Waals surface area contributed by atoms with Gasteiger partial charge in [0, 0.05) is 6.42 Å². The van der Waals surface area contributed by atoms with Gasteiger partial charge in [0.2, 0.25) is 0 Å². The van der Waals surface area contributed by atoms with Crippen LogP contribution < -0.4 is 15.0 Å². The van der Waals surface area contributed by atoms with Crippen molar-refractivity contribution >= 4 is 21.6 Å². The van der Waals surface area contributed by atoms with Crippen molar-refractivity contribution < 1.29 is 9.47 Å². The number of aromatic amines is 1. The zero-order valence-electron chi connectivity index (χ0n) is 13.5. The second kappa shape index (κ2) is 6.34. The molecule has 7 heteroatoms. The molecule has 0 spiro atoms. The van der Waals surface area contributed by atoms with E-state index >= 15 is 0 Å². The standard InChI is InChI=1S/C17H15N3O3S/c1-9-13(8-18)24-17-15(9)16(21)19-14(20-17)7-10-4-5-11(22-2)12(6-10)23-3/h4-6H,7H2,1-3H3,(H,19,20,21). The zero-order valence-corrected chi connectivity index (χ0v) is 14.3. The minimum atomic E-state index is -0.217. The van der Waals surface area contributed by atoms with Crippen LogP contribution in [0.25, 0.3) is 10.2 Å². The van der Waals surface area contributed by atoms with E-state index in [2.05, 4.69) is 16.0 Å². The molecule has 0 saturated carbocycles. The lowest BCUT2D eigenvalue weighted by atomic mass is 10.1. The summed E-state index contributed by atoms with van der Waals surface area (Å²) in [6.45, 7) is 1.77. The molecule has 0 saturated heterocycles. The van der Waals surface area contributed by atoms with Gasteiger partial charge in [-0.05, 0) is 30.2 Å². The number of benzene rings is 1. The average molecular weight is 341 g/mol. The molecule has 3 aromatic rings. The molecule has 1 N–H and O–H groups in total. The lowest BCUT2D eigenvalue weighted by Crippen LogP contribution is -2.11. The molecule has 0 atom stereocenters. The summed E-state index contributed by atoms with van der Waals surface area (Å²) in [5.74, 6) is 1.81. The predicted molar refractivity (Wildman–Crippen MR) is 92.0 cm³/mol. The molecule has 2 aromatic heterocycles. The van der Waals surface area contributed by atoms with Crippen LogP contribution in [0.5, 0.6) is 11.5 Å². The number of ether oxygens (including phenoxy) is 2. The van der Waals surface area contributed by atoms with Crippen molar-refractivity contribution in [2.75, 3.05) is 14.2 Å². The van der Waals surface area contributed by atoms with E-state index in [4.69, 9.17) is 14.7 Å². The number of hydrogen-bond donors (Lipinski definition) is 1. The Kier molecular flexibility index (Phi) is 4.23. The summed E-state index contributed by atoms with van der Waals surface area (Å²) in [5.41, 5.74) is 1.40. The molecule has 1 aromatic carbocycles. The van der Waals surface area contributed by atoms with E-state index in [9.17, 15) is 4.79 Å². The minimum Gasteiger partial charge on any atom is -0.493 e. The molecule has 24 heavy (non-hydrogen) atoms. The summed E-state index contributed by atoms with van der Waals surface area (Å²) in [5, 5.41) is 9.61. The third-order valence-corrected chi connectivity index (χ3v) is 4.86. The lowest BCUT2D eigenvalue weighted by Gasteiger charge is -2.09. The monoisotopic (exact) mass is 341 g/mol. The smallest absolute Gasteiger partial charge is 0.259 e. The van der Waals surface area contributed by atoms with Crippen molar-refractivity contribution in [2.45, 2.75) is 13.3 Å². The normalized spacial score (nSPS) is 10.6. The highest BCUT2D eigenvalue weighted by atomic mass is 32.1. The number of methoxy groups -OCH3 is 2. The first-order chi connectivity index (χ1) is 11.6. The second-order valence-electron chi connectivity index (χ2n) is 5.23. The maximum absolute atomic E-state index is 12.3. The van der Waals surface area contributed by atoms with Crippen LogP contribution in [0.2, 0.25) is 0 Å². The van der Waals surface area contributed by atoms with Gasteiger partial charge in [-0.15, -0.1) is 11.3 Å². The number of aryl methyl sites for hydroxylation is 1. The van der Waals surface area contributed by atoms with Gasteiger partial charge in [-0.3, -0.25) is 4.79 Å². The minimum absolute atomic E-state index is 0.217. The number of aromatic nitrogens is 2. The maximum Gasteiger partial charge on any atom is 0.259 e. The van der Waals surface area contributed by atoms with Gasteiger partial charge in [0.1, 0.15) is 21.6 Å². The highest BCUT2D eigenvalue weighted by Crippen LogP contribution is 2.29. The molecule has 122 valence electrons. The van der Waals surface area contributed by atoms with Gasteiger partial charge in [-0.25, -0.2) is 4.98 Å². The van der Waals surface area contributed by atoms with Gasteiger partial charge in [0.15, 0.2) is 11.5 Å². The summed E-state index contributed by atoms with van der Waals surface area (Å²) in [6.07, 6.45) is 0.449. The van der Waals surface area contributed by atoms with Crippen LogP contribution in [-0.4, -0.2) is 24.2 Å². The number of nitrogens with zero attached hydrogens (tertiary/aromatic N) is 2. The van der Waals surface area contributed by atoms with Gasteiger partial charge in [-0.1, -0.05) is 6.07 Å². The Balaban J connectivity index is 2.02. The molecule has 0 amide bonds. The average Bonchev–Trinajstić information content (AvgIpc) is 2.91. The van der Waals surface area contributed by atoms with Gasteiger partial charge in [0.05, 0.1) is 19.6 Å². The largest absolute Gasteiger partial charge is 0.493 e. The summed E-state index contributed by atoms with van der Waals surface area (Å²) in [6, 6.07) is 7.66. The van der Waals surface area contributed by atoms with Crippen LogP contribution in [0.15, 0.2) is 23.0 Å². The topological polar surface area (TPSA) is 88.0 Å². The van der Waals surface area contributed by atoms with E-state index in [0.29, 0.717) is 44.4 Å². The Labute approximate surface area is 142 Å². The Bertz CT molecular complexity index is 1010. The van der Waals surface area contributed by atoms with Crippen LogP contribution >= 0.6 is 11.3 Å². The van der Waals surface area contributed by atoms with Gasteiger partial charge in [0.25, 0.3) is 5.56 Å². The molecule has 0 unspecified atom stereocenters. The summed E-state index contributed by atoms with van der Waals surface area (Å²) in [4.78, 5) is 20.7. The van der Waals surface area contributed by atoms with E-state index in [1.54, 1.807) is 21.1 Å². The number of hydrogen-bond acceptors (Lipinski definition) is 6. The Morgan fingerprint density at radius 1 is 1.29 bits per heavy atom. The molecule has 0 radical (unpaired) electrons. The number of rotatable bonds is 4. The lowest BCUT2D eigenvalue weighted by molar-refractivity contribution is 0.354. The number of fused-ring (bicyclic) bond motifs is 1. The van der Waals surface area contributed by atoms with Crippen LogP contribution in [0, 0.1) is 18.3 Å². The van der Waals surface area contributed by atoms with Crippen molar-refractivity contribution in [3.8, 4) is 17.6 Å². The second-order valence-corrected chi connectivity index (χ2v) is 6.23. The highest BCUT2D eigenvalue weighted by Gasteiger charge is 2.14. The first-order valence-corrected chi connectivity index (χ1v) is 8.02. The molecular formula is C17H15N3O3S. The molecule has 0 aliphatic rings. The Hall–Kier alpha value is -2.85. The van der Waals surface area contributed by atoms with Crippen molar-refractivity contribution in [1.82, 2.24) is 9.97 Å². The van der Waals surface area contributed by atoms with Crippen molar-refractivity contribution in [2.24, 2.45) is 0 Å². The van der Waals surface area contributed by atoms with Crippen molar-refractivity contribution in [1.29, 1.82) is 5.26 Å². The number of H-pyrrole nitrogens is 1. The molecular weight excluding hydrogens is 326 g/mol. The summed E-state index contributed by atoms with van der Waals surface area (Å²) >= 11 is 1.24. The van der Waals surface area contributed by atoms with Crippen LogP contribution in [-0.2, 0) is 6.42 Å². The number of nitrogens with one attached hydrogen (secondary N) is 1. The van der Waals surface area contributed by atoms with E-state index in [1.165, 1.54) is 11.3 Å². The van der Waals surface area contributed by atoms with Gasteiger partial charge in [-0.2, -0.15) is 5.26 Å². The first-order valence-electron chi connectivity index (χ1n) is 7.20. The molecule has 3 rings (SSSR count). The highest BCUT2D eigenvalue weighted by molar-refractivity contribution is 7.19. The van der Waals surface area contributed by atoms with Crippen LogP contribution in [0.1, 0.15) is 21.8 Å².